The summed E-state index contributed by atoms with van der Waals surface area (Å²) in [6.45, 7) is 0.0495. The molecule has 0 saturated heterocycles. The van der Waals surface area contributed by atoms with Gasteiger partial charge in [-0.05, 0) is 18.2 Å². The highest BCUT2D eigenvalue weighted by Crippen LogP contribution is 2.24. The lowest BCUT2D eigenvalue weighted by molar-refractivity contribution is 0.416. The number of pyridine rings is 1. The van der Waals surface area contributed by atoms with Gasteiger partial charge in [0.15, 0.2) is 5.82 Å². The van der Waals surface area contributed by atoms with Crippen LogP contribution < -0.4 is 10.5 Å². The van der Waals surface area contributed by atoms with Crippen LogP contribution in [0.2, 0.25) is 0 Å². The molecule has 2 aromatic rings. The highest BCUT2D eigenvalue weighted by Gasteiger charge is 2.10. The zero-order chi connectivity index (χ0) is 12.3. The summed E-state index contributed by atoms with van der Waals surface area (Å²) < 4.78 is 31.8. The van der Waals surface area contributed by atoms with Crippen LogP contribution in [0.4, 0.5) is 8.78 Å². The Bertz CT molecular complexity index is 532. The first kappa shape index (κ1) is 11.5. The molecule has 5 heteroatoms. The molecule has 0 atom stereocenters. The van der Waals surface area contributed by atoms with Crippen LogP contribution >= 0.6 is 0 Å². The predicted octanol–water partition coefficient (Wildman–Crippen LogP) is 2.61. The number of rotatable bonds is 3. The molecular weight excluding hydrogens is 226 g/mol. The minimum atomic E-state index is -0.626. The molecule has 0 aliphatic carbocycles. The highest BCUT2D eigenvalue weighted by molar-refractivity contribution is 5.30. The minimum Gasteiger partial charge on any atom is -0.436 e. The van der Waals surface area contributed by atoms with E-state index in [0.717, 1.165) is 6.07 Å². The van der Waals surface area contributed by atoms with Gasteiger partial charge in [0.2, 0.25) is 0 Å². The maximum Gasteiger partial charge on any atom is 0.256 e. The molecule has 0 aliphatic rings. The summed E-state index contributed by atoms with van der Waals surface area (Å²) in [5.74, 6) is -1.11. The second-order valence-electron chi connectivity index (χ2n) is 3.35. The summed E-state index contributed by atoms with van der Waals surface area (Å²) in [6, 6.07) is 6.87. The number of aromatic nitrogens is 1. The summed E-state index contributed by atoms with van der Waals surface area (Å²) in [5, 5.41) is 0. The van der Waals surface area contributed by atoms with Crippen LogP contribution in [0.5, 0.6) is 11.6 Å². The third kappa shape index (κ3) is 2.57. The van der Waals surface area contributed by atoms with Crippen LogP contribution in [0.1, 0.15) is 5.56 Å². The Morgan fingerprint density at radius 2 is 2.06 bits per heavy atom. The van der Waals surface area contributed by atoms with Gasteiger partial charge in [0.05, 0.1) is 0 Å². The highest BCUT2D eigenvalue weighted by atomic mass is 19.1. The Balaban J connectivity index is 2.30. The first-order valence-electron chi connectivity index (χ1n) is 4.97. The van der Waals surface area contributed by atoms with Crippen LogP contribution in [0.3, 0.4) is 0 Å². The molecule has 17 heavy (non-hydrogen) atoms. The van der Waals surface area contributed by atoms with Gasteiger partial charge in [-0.3, -0.25) is 0 Å². The summed E-state index contributed by atoms with van der Waals surface area (Å²) in [4.78, 5) is 3.74. The molecule has 1 heterocycles. The molecule has 2 N–H and O–H groups in total. The number of nitrogens with two attached hydrogens (primary N) is 1. The normalized spacial score (nSPS) is 10.3. The second-order valence-corrected chi connectivity index (χ2v) is 3.35. The van der Waals surface area contributed by atoms with Gasteiger partial charge in [0.1, 0.15) is 11.6 Å². The van der Waals surface area contributed by atoms with Crippen LogP contribution in [-0.2, 0) is 6.54 Å². The summed E-state index contributed by atoms with van der Waals surface area (Å²) in [5.41, 5.74) is 5.65. The SMILES string of the molecule is NCc1ccnc(Oc2cccc(F)c2)c1F. The van der Waals surface area contributed by atoms with Crippen molar-refractivity contribution in [3.63, 3.8) is 0 Å². The third-order valence-electron chi connectivity index (χ3n) is 2.17. The zero-order valence-corrected chi connectivity index (χ0v) is 8.86. The minimum absolute atomic E-state index is 0.0495. The number of benzene rings is 1. The maximum absolute atomic E-state index is 13.7. The van der Waals surface area contributed by atoms with E-state index >= 15 is 0 Å². The number of nitrogens with zero attached hydrogens (tertiary/aromatic N) is 1. The van der Waals surface area contributed by atoms with Crippen molar-refractivity contribution in [1.82, 2.24) is 4.98 Å². The number of halogens is 2. The molecule has 88 valence electrons. The number of hydrogen-bond donors (Lipinski definition) is 1. The van der Waals surface area contributed by atoms with E-state index < -0.39 is 11.6 Å². The Kier molecular flexibility index (Phi) is 3.30. The fourth-order valence-corrected chi connectivity index (χ4v) is 1.33. The van der Waals surface area contributed by atoms with Crippen molar-refractivity contribution in [2.45, 2.75) is 6.54 Å². The Hall–Kier alpha value is -2.01. The first-order chi connectivity index (χ1) is 8.20. The van der Waals surface area contributed by atoms with Crippen LogP contribution in [-0.4, -0.2) is 4.98 Å². The topological polar surface area (TPSA) is 48.1 Å². The molecule has 0 aliphatic heterocycles. The van der Waals surface area contributed by atoms with E-state index in [4.69, 9.17) is 10.5 Å². The van der Waals surface area contributed by atoms with Crippen molar-refractivity contribution in [1.29, 1.82) is 0 Å². The lowest BCUT2D eigenvalue weighted by Gasteiger charge is -2.07. The van der Waals surface area contributed by atoms with Crippen molar-refractivity contribution >= 4 is 0 Å². The van der Waals surface area contributed by atoms with E-state index in [1.807, 2.05) is 0 Å². The zero-order valence-electron chi connectivity index (χ0n) is 8.86. The Morgan fingerprint density at radius 3 is 2.76 bits per heavy atom. The quantitative estimate of drug-likeness (QED) is 0.891. The maximum atomic E-state index is 13.7. The Labute approximate surface area is 96.9 Å². The summed E-state index contributed by atoms with van der Waals surface area (Å²) in [6.07, 6.45) is 1.39. The van der Waals surface area contributed by atoms with Crippen molar-refractivity contribution < 1.29 is 13.5 Å². The summed E-state index contributed by atoms with van der Waals surface area (Å²) in [7, 11) is 0. The van der Waals surface area contributed by atoms with Gasteiger partial charge in [-0.15, -0.1) is 0 Å². The van der Waals surface area contributed by atoms with Gasteiger partial charge in [-0.25, -0.2) is 13.8 Å². The molecule has 0 amide bonds. The van der Waals surface area contributed by atoms with Crippen molar-refractivity contribution in [3.05, 3.63) is 53.7 Å². The molecule has 3 nitrogen and oxygen atoms in total. The van der Waals surface area contributed by atoms with E-state index in [2.05, 4.69) is 4.98 Å². The summed E-state index contributed by atoms with van der Waals surface area (Å²) >= 11 is 0. The second kappa shape index (κ2) is 4.88. The smallest absolute Gasteiger partial charge is 0.256 e. The molecule has 0 radical (unpaired) electrons. The molecule has 0 spiro atoms. The lowest BCUT2D eigenvalue weighted by atomic mass is 10.2. The van der Waals surface area contributed by atoms with Gasteiger partial charge in [-0.1, -0.05) is 6.07 Å². The van der Waals surface area contributed by atoms with Crippen LogP contribution in [0.25, 0.3) is 0 Å². The number of ether oxygens (including phenoxy) is 1. The standard InChI is InChI=1S/C12H10F2N2O/c13-9-2-1-3-10(6-9)17-12-11(14)8(7-15)4-5-16-12/h1-6H,7,15H2. The van der Waals surface area contributed by atoms with E-state index in [0.29, 0.717) is 5.56 Å². The fourth-order valence-electron chi connectivity index (χ4n) is 1.33. The third-order valence-corrected chi connectivity index (χ3v) is 2.17. The van der Waals surface area contributed by atoms with Crippen molar-refractivity contribution in [3.8, 4) is 11.6 Å². The monoisotopic (exact) mass is 236 g/mol. The van der Waals surface area contributed by atoms with Gasteiger partial charge in [-0.2, -0.15) is 0 Å². The van der Waals surface area contributed by atoms with Crippen LogP contribution in [0.15, 0.2) is 36.5 Å². The Morgan fingerprint density at radius 1 is 1.24 bits per heavy atom. The van der Waals surface area contributed by atoms with E-state index in [1.165, 1.54) is 30.5 Å². The van der Waals surface area contributed by atoms with Crippen molar-refractivity contribution in [2.24, 2.45) is 5.73 Å². The average Bonchev–Trinajstić information content (AvgIpc) is 2.32. The first-order valence-corrected chi connectivity index (χ1v) is 4.97. The largest absolute Gasteiger partial charge is 0.436 e. The van der Waals surface area contributed by atoms with Gasteiger partial charge < -0.3 is 10.5 Å². The van der Waals surface area contributed by atoms with Gasteiger partial charge in [0, 0.05) is 24.4 Å². The molecule has 0 unspecified atom stereocenters. The molecule has 1 aromatic carbocycles. The lowest BCUT2D eigenvalue weighted by Crippen LogP contribution is -2.02. The molecule has 1 aromatic heterocycles. The molecular formula is C12H10F2N2O. The van der Waals surface area contributed by atoms with Crippen LogP contribution in [0, 0.1) is 11.6 Å². The van der Waals surface area contributed by atoms with Crippen molar-refractivity contribution in [2.75, 3.05) is 0 Å². The number of hydrogen-bond acceptors (Lipinski definition) is 3. The molecule has 0 fully saturated rings. The van der Waals surface area contributed by atoms with E-state index in [-0.39, 0.29) is 18.2 Å². The fraction of sp³-hybridized carbons (Fsp3) is 0.0833. The van der Waals surface area contributed by atoms with Gasteiger partial charge >= 0.3 is 0 Å². The molecule has 2 rings (SSSR count). The average molecular weight is 236 g/mol. The predicted molar refractivity (Wildman–Crippen MR) is 58.6 cm³/mol. The van der Waals surface area contributed by atoms with E-state index in [1.54, 1.807) is 0 Å². The molecule has 0 bridgehead atoms. The molecule has 0 saturated carbocycles. The van der Waals surface area contributed by atoms with E-state index in [9.17, 15) is 8.78 Å². The van der Waals surface area contributed by atoms with Gasteiger partial charge in [0.25, 0.3) is 5.88 Å².